The van der Waals surface area contributed by atoms with Crippen LogP contribution in [0.15, 0.2) is 22.1 Å². The molecule has 0 radical (unpaired) electrons. The van der Waals surface area contributed by atoms with Crippen molar-refractivity contribution in [3.8, 4) is 10.6 Å². The molecule has 6 nitrogen and oxygen atoms in total. The fourth-order valence-corrected chi connectivity index (χ4v) is 5.10. The molecular formula is C20H21F3N4O2S. The summed E-state index contributed by atoms with van der Waals surface area (Å²) >= 11 is 1.36. The lowest BCUT2D eigenvalue weighted by atomic mass is 9.99. The molecule has 2 aromatic heterocycles. The number of piperazine rings is 1. The molecule has 2 atom stereocenters. The zero-order valence-electron chi connectivity index (χ0n) is 16.3. The van der Waals surface area contributed by atoms with Crippen LogP contribution in [-0.4, -0.2) is 48.9 Å². The van der Waals surface area contributed by atoms with Gasteiger partial charge in [-0.25, -0.2) is 4.98 Å². The summed E-state index contributed by atoms with van der Waals surface area (Å²) in [6.45, 7) is 1.53. The molecule has 0 aliphatic carbocycles. The normalized spacial score (nSPS) is 21.7. The summed E-state index contributed by atoms with van der Waals surface area (Å²) in [7, 11) is 1.47. The van der Waals surface area contributed by atoms with E-state index in [1.807, 2.05) is 4.90 Å². The second-order valence-corrected chi connectivity index (χ2v) is 8.65. The molecule has 5 rings (SSSR count). The van der Waals surface area contributed by atoms with Crippen molar-refractivity contribution in [2.45, 2.75) is 37.5 Å². The van der Waals surface area contributed by atoms with E-state index in [0.29, 0.717) is 35.7 Å². The van der Waals surface area contributed by atoms with Crippen LogP contribution >= 0.6 is 11.3 Å². The number of nitrogens with one attached hydrogen (secondary N) is 1. The van der Waals surface area contributed by atoms with Gasteiger partial charge in [-0.05, 0) is 30.9 Å². The predicted molar refractivity (Wildman–Crippen MR) is 108 cm³/mol. The number of anilines is 1. The van der Waals surface area contributed by atoms with Crippen molar-refractivity contribution in [3.05, 3.63) is 28.8 Å². The highest BCUT2D eigenvalue weighted by atomic mass is 32.1. The summed E-state index contributed by atoms with van der Waals surface area (Å²) in [6.07, 6.45) is -0.690. The molecule has 2 aliphatic rings. The molecular weight excluding hydrogens is 417 g/mol. The highest BCUT2D eigenvalue weighted by Gasteiger charge is 2.40. The van der Waals surface area contributed by atoms with Crippen LogP contribution in [0.4, 0.5) is 19.2 Å². The van der Waals surface area contributed by atoms with Gasteiger partial charge >= 0.3 is 6.18 Å². The van der Waals surface area contributed by atoms with Crippen LogP contribution in [0, 0.1) is 0 Å². The highest BCUT2D eigenvalue weighted by molar-refractivity contribution is 7.13. The Labute approximate surface area is 175 Å². The van der Waals surface area contributed by atoms with Gasteiger partial charge in [0.1, 0.15) is 10.5 Å². The van der Waals surface area contributed by atoms with Gasteiger partial charge in [-0.1, -0.05) is 0 Å². The van der Waals surface area contributed by atoms with Gasteiger partial charge in [-0.2, -0.15) is 18.2 Å². The molecule has 160 valence electrons. The SMILES string of the molecule is COCCc1cc(-c2nccs2)c2oc(N3CC4CCC(C3)N4)nc2c1C(F)(F)F. The van der Waals surface area contributed by atoms with Gasteiger partial charge in [-0.3, -0.25) is 0 Å². The van der Waals surface area contributed by atoms with E-state index in [1.165, 1.54) is 24.5 Å². The third-order valence-electron chi connectivity index (χ3n) is 5.75. The minimum atomic E-state index is -4.56. The maximum atomic E-state index is 14.1. The first-order chi connectivity index (χ1) is 14.4. The number of methoxy groups -OCH3 is 1. The van der Waals surface area contributed by atoms with Gasteiger partial charge < -0.3 is 19.4 Å². The van der Waals surface area contributed by atoms with Crippen LogP contribution in [0.3, 0.4) is 0 Å². The van der Waals surface area contributed by atoms with Crippen LogP contribution in [-0.2, 0) is 17.3 Å². The van der Waals surface area contributed by atoms with Gasteiger partial charge in [0, 0.05) is 43.9 Å². The number of thiazole rings is 1. The molecule has 3 aromatic rings. The van der Waals surface area contributed by atoms with E-state index in [-0.39, 0.29) is 35.7 Å². The number of nitrogens with zero attached hydrogens (tertiary/aromatic N) is 3. The average Bonchev–Trinajstić information content (AvgIpc) is 3.44. The third kappa shape index (κ3) is 3.46. The smallest absolute Gasteiger partial charge is 0.418 e. The lowest BCUT2D eigenvalue weighted by Crippen LogP contribution is -2.51. The second-order valence-electron chi connectivity index (χ2n) is 7.75. The summed E-state index contributed by atoms with van der Waals surface area (Å²) < 4.78 is 53.4. The fraction of sp³-hybridized carbons (Fsp3) is 0.500. The van der Waals surface area contributed by atoms with E-state index < -0.39 is 11.7 Å². The summed E-state index contributed by atoms with van der Waals surface area (Å²) in [4.78, 5) is 10.6. The maximum Gasteiger partial charge on any atom is 0.418 e. The van der Waals surface area contributed by atoms with Gasteiger partial charge in [0.25, 0.3) is 6.01 Å². The Kier molecular flexibility index (Phi) is 4.95. The van der Waals surface area contributed by atoms with Crippen LogP contribution in [0.2, 0.25) is 0 Å². The molecule has 0 spiro atoms. The van der Waals surface area contributed by atoms with Gasteiger partial charge in [-0.15, -0.1) is 11.3 Å². The van der Waals surface area contributed by atoms with Crippen LogP contribution in [0.1, 0.15) is 24.0 Å². The van der Waals surface area contributed by atoms with Crippen molar-refractivity contribution in [3.63, 3.8) is 0 Å². The summed E-state index contributed by atoms with van der Waals surface area (Å²) in [5.74, 6) is 0. The third-order valence-corrected chi connectivity index (χ3v) is 6.55. The summed E-state index contributed by atoms with van der Waals surface area (Å²) in [5, 5.41) is 5.91. The molecule has 0 saturated carbocycles. The standard InChI is InChI=1S/C20H21F3N4O2S/c1-28-6-4-11-8-14(18-24-5-7-30-18)17-16(15(11)20(21,22)23)26-19(29-17)27-9-12-2-3-13(10-27)25-12/h5,7-8,12-13,25H,2-4,6,9-10H2,1H3. The first-order valence-electron chi connectivity index (χ1n) is 9.87. The molecule has 1 N–H and O–H groups in total. The molecule has 4 heterocycles. The zero-order valence-corrected chi connectivity index (χ0v) is 17.1. The van der Waals surface area contributed by atoms with Crippen molar-refractivity contribution in [2.24, 2.45) is 0 Å². The minimum Gasteiger partial charge on any atom is -0.423 e. The van der Waals surface area contributed by atoms with E-state index >= 15 is 0 Å². The van der Waals surface area contributed by atoms with E-state index in [0.717, 1.165) is 12.8 Å². The Morgan fingerprint density at radius 2 is 2.07 bits per heavy atom. The predicted octanol–water partition coefficient (Wildman–Crippen LogP) is 4.10. The van der Waals surface area contributed by atoms with Crippen LogP contribution in [0.25, 0.3) is 21.7 Å². The van der Waals surface area contributed by atoms with E-state index in [1.54, 1.807) is 11.6 Å². The summed E-state index contributed by atoms with van der Waals surface area (Å²) in [5.41, 5.74) is -0.0808. The molecule has 2 unspecified atom stereocenters. The van der Waals surface area contributed by atoms with Crippen molar-refractivity contribution in [1.29, 1.82) is 0 Å². The molecule has 2 aliphatic heterocycles. The van der Waals surface area contributed by atoms with E-state index in [2.05, 4.69) is 15.3 Å². The van der Waals surface area contributed by atoms with Gasteiger partial charge in [0.15, 0.2) is 5.58 Å². The number of benzene rings is 1. The number of rotatable bonds is 5. The highest BCUT2D eigenvalue weighted by Crippen LogP contribution is 2.43. The Morgan fingerprint density at radius 3 is 2.70 bits per heavy atom. The molecule has 30 heavy (non-hydrogen) atoms. The van der Waals surface area contributed by atoms with Crippen LogP contribution < -0.4 is 10.2 Å². The first-order valence-corrected chi connectivity index (χ1v) is 10.8. The van der Waals surface area contributed by atoms with Crippen molar-refractivity contribution < 1.29 is 22.3 Å². The maximum absolute atomic E-state index is 14.1. The first kappa shape index (κ1) is 19.8. The van der Waals surface area contributed by atoms with Gasteiger partial charge in [0.05, 0.1) is 17.7 Å². The molecule has 2 fully saturated rings. The largest absolute Gasteiger partial charge is 0.423 e. The van der Waals surface area contributed by atoms with E-state index in [9.17, 15) is 13.2 Å². The zero-order chi connectivity index (χ0) is 20.9. The second kappa shape index (κ2) is 7.51. The number of oxazole rings is 1. The van der Waals surface area contributed by atoms with Crippen molar-refractivity contribution in [1.82, 2.24) is 15.3 Å². The Bertz CT molecular complexity index is 1040. The average molecular weight is 438 g/mol. The number of halogens is 3. The lowest BCUT2D eigenvalue weighted by molar-refractivity contribution is -0.137. The van der Waals surface area contributed by atoms with E-state index in [4.69, 9.17) is 9.15 Å². The van der Waals surface area contributed by atoms with Crippen LogP contribution in [0.5, 0.6) is 0 Å². The number of fused-ring (bicyclic) bond motifs is 3. The topological polar surface area (TPSA) is 63.4 Å². The Hall–Kier alpha value is -2.17. The van der Waals surface area contributed by atoms with Crippen molar-refractivity contribution >= 4 is 28.5 Å². The number of hydrogen-bond acceptors (Lipinski definition) is 7. The Balaban J connectivity index is 1.69. The molecule has 2 saturated heterocycles. The number of alkyl halides is 3. The summed E-state index contributed by atoms with van der Waals surface area (Å²) in [6, 6.07) is 2.41. The molecule has 1 aromatic carbocycles. The fourth-order valence-electron chi connectivity index (χ4n) is 4.45. The molecule has 0 amide bonds. The monoisotopic (exact) mass is 438 g/mol. The van der Waals surface area contributed by atoms with Crippen molar-refractivity contribution in [2.75, 3.05) is 31.7 Å². The molecule has 2 bridgehead atoms. The number of ether oxygens (including phenoxy) is 1. The molecule has 10 heteroatoms. The number of aromatic nitrogens is 2. The lowest BCUT2D eigenvalue weighted by Gasteiger charge is -2.31. The quantitative estimate of drug-likeness (QED) is 0.647. The Morgan fingerprint density at radius 1 is 1.30 bits per heavy atom. The minimum absolute atomic E-state index is 0.125. The van der Waals surface area contributed by atoms with Gasteiger partial charge in [0.2, 0.25) is 0 Å². The number of hydrogen-bond donors (Lipinski definition) is 1.